The van der Waals surface area contributed by atoms with Crippen LogP contribution in [0.1, 0.15) is 38.8 Å². The predicted molar refractivity (Wildman–Crippen MR) is 88.6 cm³/mol. The minimum Gasteiger partial charge on any atom is -0.392 e. The van der Waals surface area contributed by atoms with Crippen LogP contribution in [0.25, 0.3) is 0 Å². The SMILES string of the molecule is Cc1c(Br)cc(CO)cc1S(=O)(=O)NCC(C)C(C)(C)C. The van der Waals surface area contributed by atoms with E-state index in [4.69, 9.17) is 0 Å². The third kappa shape index (κ3) is 4.77. The van der Waals surface area contributed by atoms with Crippen molar-refractivity contribution in [1.29, 1.82) is 0 Å². The summed E-state index contributed by atoms with van der Waals surface area (Å²) in [5, 5.41) is 9.23. The van der Waals surface area contributed by atoms with E-state index in [1.54, 1.807) is 13.0 Å². The average Bonchev–Trinajstić information content (AvgIpc) is 2.37. The minimum atomic E-state index is -3.59. The summed E-state index contributed by atoms with van der Waals surface area (Å²) in [6.45, 7) is 10.2. The van der Waals surface area contributed by atoms with Crippen LogP contribution in [0, 0.1) is 18.3 Å². The van der Waals surface area contributed by atoms with Crippen molar-refractivity contribution < 1.29 is 13.5 Å². The van der Waals surface area contributed by atoms with Gasteiger partial charge in [0.1, 0.15) is 0 Å². The number of hydrogen-bond acceptors (Lipinski definition) is 3. The molecule has 0 spiro atoms. The molecule has 1 aromatic carbocycles. The van der Waals surface area contributed by atoms with Crippen LogP contribution in [0.4, 0.5) is 0 Å². The first kappa shape index (κ1) is 18.6. The average molecular weight is 378 g/mol. The van der Waals surface area contributed by atoms with E-state index in [-0.39, 0.29) is 22.8 Å². The number of rotatable bonds is 5. The molecule has 6 heteroatoms. The van der Waals surface area contributed by atoms with E-state index < -0.39 is 10.0 Å². The van der Waals surface area contributed by atoms with E-state index in [0.717, 1.165) is 0 Å². The number of hydrogen-bond donors (Lipinski definition) is 2. The van der Waals surface area contributed by atoms with Crippen molar-refractivity contribution >= 4 is 26.0 Å². The van der Waals surface area contributed by atoms with Crippen molar-refractivity contribution in [3.63, 3.8) is 0 Å². The molecule has 0 saturated carbocycles. The summed E-state index contributed by atoms with van der Waals surface area (Å²) in [6.07, 6.45) is 0. The van der Waals surface area contributed by atoms with Crippen LogP contribution in [0.5, 0.6) is 0 Å². The van der Waals surface area contributed by atoms with Gasteiger partial charge >= 0.3 is 0 Å². The number of halogens is 1. The zero-order valence-corrected chi connectivity index (χ0v) is 15.6. The highest BCUT2D eigenvalue weighted by Gasteiger charge is 2.24. The zero-order valence-electron chi connectivity index (χ0n) is 13.2. The molecule has 1 unspecified atom stereocenters. The number of nitrogens with one attached hydrogen (secondary N) is 1. The Balaban J connectivity index is 3.06. The molecule has 1 rings (SSSR count). The molecular formula is C15H24BrNO3S. The summed E-state index contributed by atoms with van der Waals surface area (Å²) < 4.78 is 28.3. The standard InChI is InChI=1S/C15H24BrNO3S/c1-10(15(3,4)5)8-17-21(19,20)14-7-12(9-18)6-13(16)11(14)2/h6-7,10,17-18H,8-9H2,1-5H3. The molecule has 2 N–H and O–H groups in total. The molecule has 0 aliphatic heterocycles. The van der Waals surface area contributed by atoms with Gasteiger partial charge in [0.25, 0.3) is 0 Å². The zero-order chi connectivity index (χ0) is 16.4. The van der Waals surface area contributed by atoms with Crippen molar-refractivity contribution in [3.05, 3.63) is 27.7 Å². The Morgan fingerprint density at radius 1 is 1.33 bits per heavy atom. The van der Waals surface area contributed by atoms with E-state index in [0.29, 0.717) is 22.1 Å². The molecule has 4 nitrogen and oxygen atoms in total. The molecule has 0 saturated heterocycles. The molecule has 0 radical (unpaired) electrons. The summed E-state index contributed by atoms with van der Waals surface area (Å²) >= 11 is 3.34. The van der Waals surface area contributed by atoms with Crippen molar-refractivity contribution in [2.45, 2.75) is 46.1 Å². The summed E-state index contributed by atoms with van der Waals surface area (Å²) in [4.78, 5) is 0.210. The first-order chi connectivity index (χ1) is 9.49. The van der Waals surface area contributed by atoms with Crippen LogP contribution in [-0.4, -0.2) is 20.1 Å². The number of aliphatic hydroxyl groups is 1. The maximum atomic E-state index is 12.5. The van der Waals surface area contributed by atoms with Gasteiger partial charge < -0.3 is 5.11 Å². The van der Waals surface area contributed by atoms with Gasteiger partial charge in [-0.15, -0.1) is 0 Å². The van der Waals surface area contributed by atoms with Crippen molar-refractivity contribution in [2.24, 2.45) is 11.3 Å². The van der Waals surface area contributed by atoms with E-state index in [1.807, 2.05) is 6.92 Å². The molecule has 0 bridgehead atoms. The monoisotopic (exact) mass is 377 g/mol. The van der Waals surface area contributed by atoms with Crippen molar-refractivity contribution in [1.82, 2.24) is 4.72 Å². The Labute approximate surface area is 136 Å². The lowest BCUT2D eigenvalue weighted by Crippen LogP contribution is -2.34. The second-order valence-electron chi connectivity index (χ2n) is 6.48. The molecule has 0 heterocycles. The van der Waals surface area contributed by atoms with Crippen LogP contribution in [-0.2, 0) is 16.6 Å². The maximum Gasteiger partial charge on any atom is 0.240 e. The predicted octanol–water partition coefficient (Wildman–Crippen LogP) is 3.21. The van der Waals surface area contributed by atoms with E-state index in [9.17, 15) is 13.5 Å². The van der Waals surface area contributed by atoms with Gasteiger partial charge in [0.2, 0.25) is 10.0 Å². The fourth-order valence-electron chi connectivity index (χ4n) is 1.70. The lowest BCUT2D eigenvalue weighted by atomic mass is 9.82. The largest absolute Gasteiger partial charge is 0.392 e. The molecule has 1 atom stereocenters. The highest BCUT2D eigenvalue weighted by molar-refractivity contribution is 9.10. The molecule has 0 aliphatic rings. The highest BCUT2D eigenvalue weighted by Crippen LogP contribution is 2.27. The Morgan fingerprint density at radius 2 is 1.90 bits per heavy atom. The van der Waals surface area contributed by atoms with Gasteiger partial charge in [0.05, 0.1) is 11.5 Å². The van der Waals surface area contributed by atoms with E-state index >= 15 is 0 Å². The normalized spacial score (nSPS) is 14.2. The van der Waals surface area contributed by atoms with Gasteiger partial charge in [0.15, 0.2) is 0 Å². The topological polar surface area (TPSA) is 66.4 Å². The summed E-state index contributed by atoms with van der Waals surface area (Å²) in [7, 11) is -3.59. The molecule has 0 fully saturated rings. The molecule has 0 amide bonds. The Hall–Kier alpha value is -0.430. The van der Waals surface area contributed by atoms with Gasteiger partial charge in [-0.1, -0.05) is 43.6 Å². The summed E-state index contributed by atoms with van der Waals surface area (Å²) in [5.74, 6) is 0.206. The van der Waals surface area contributed by atoms with Crippen LogP contribution in [0.15, 0.2) is 21.5 Å². The molecular weight excluding hydrogens is 354 g/mol. The minimum absolute atomic E-state index is 0.0328. The number of aliphatic hydroxyl groups excluding tert-OH is 1. The van der Waals surface area contributed by atoms with Gasteiger partial charge in [0, 0.05) is 11.0 Å². The van der Waals surface area contributed by atoms with Gasteiger partial charge in [-0.25, -0.2) is 13.1 Å². The lowest BCUT2D eigenvalue weighted by Gasteiger charge is -2.27. The summed E-state index contributed by atoms with van der Waals surface area (Å²) in [6, 6.07) is 3.25. The third-order valence-corrected chi connectivity index (χ3v) is 6.26. The highest BCUT2D eigenvalue weighted by atomic mass is 79.9. The number of benzene rings is 1. The van der Waals surface area contributed by atoms with Crippen LogP contribution < -0.4 is 4.72 Å². The molecule has 1 aromatic rings. The van der Waals surface area contributed by atoms with Crippen LogP contribution in [0.2, 0.25) is 0 Å². The third-order valence-electron chi connectivity index (χ3n) is 3.89. The second-order valence-corrected chi connectivity index (χ2v) is 9.07. The molecule has 21 heavy (non-hydrogen) atoms. The fraction of sp³-hybridized carbons (Fsp3) is 0.600. The van der Waals surface area contributed by atoms with Gasteiger partial charge in [-0.2, -0.15) is 0 Å². The van der Waals surface area contributed by atoms with E-state index in [1.165, 1.54) is 6.07 Å². The van der Waals surface area contributed by atoms with Crippen molar-refractivity contribution in [2.75, 3.05) is 6.54 Å². The Bertz CT molecular complexity index is 606. The smallest absolute Gasteiger partial charge is 0.240 e. The van der Waals surface area contributed by atoms with Crippen molar-refractivity contribution in [3.8, 4) is 0 Å². The first-order valence-corrected chi connectivity index (χ1v) is 9.16. The second kappa shape index (κ2) is 6.77. The first-order valence-electron chi connectivity index (χ1n) is 6.88. The Kier molecular flexibility index (Phi) is 6.00. The van der Waals surface area contributed by atoms with Crippen LogP contribution >= 0.6 is 15.9 Å². The molecule has 120 valence electrons. The lowest BCUT2D eigenvalue weighted by molar-refractivity contribution is 0.263. The van der Waals surface area contributed by atoms with Crippen LogP contribution in [0.3, 0.4) is 0 Å². The maximum absolute atomic E-state index is 12.5. The molecule has 0 aromatic heterocycles. The fourth-order valence-corrected chi connectivity index (χ4v) is 3.78. The van der Waals surface area contributed by atoms with Gasteiger partial charge in [-0.05, 0) is 41.5 Å². The van der Waals surface area contributed by atoms with Gasteiger partial charge in [-0.3, -0.25) is 0 Å². The summed E-state index contributed by atoms with van der Waals surface area (Å²) in [5.41, 5.74) is 1.24. The van der Waals surface area contributed by atoms with E-state index in [2.05, 4.69) is 41.4 Å². The number of sulfonamides is 1. The quantitative estimate of drug-likeness (QED) is 0.827. The Morgan fingerprint density at radius 3 is 2.38 bits per heavy atom. The molecule has 0 aliphatic carbocycles.